The fraction of sp³-hybridized carbons (Fsp3) is 1.00. The molecule has 0 saturated carbocycles. The number of aliphatic hydroxyl groups excluding tert-OH is 1. The summed E-state index contributed by atoms with van der Waals surface area (Å²) in [5, 5.41) is 13.2. The van der Waals surface area contributed by atoms with Crippen LogP contribution in [-0.4, -0.2) is 50.7 Å². The Morgan fingerprint density at radius 3 is 3.00 bits per heavy atom. The van der Waals surface area contributed by atoms with Crippen molar-refractivity contribution in [2.24, 2.45) is 5.92 Å². The maximum Gasteiger partial charge on any atom is 0.0715 e. The van der Waals surface area contributed by atoms with Gasteiger partial charge >= 0.3 is 0 Å². The first-order valence-electron chi connectivity index (χ1n) is 5.72. The molecule has 0 spiro atoms. The van der Waals surface area contributed by atoms with Gasteiger partial charge in [0.05, 0.1) is 12.7 Å². The highest BCUT2D eigenvalue weighted by Crippen LogP contribution is 2.16. The number of aliphatic hydroxyl groups is 1. The smallest absolute Gasteiger partial charge is 0.0715 e. The summed E-state index contributed by atoms with van der Waals surface area (Å²) in [5.74, 6) is 0.312. The van der Waals surface area contributed by atoms with Gasteiger partial charge in [-0.25, -0.2) is 0 Å². The second-order valence-corrected chi connectivity index (χ2v) is 4.28. The van der Waals surface area contributed by atoms with Gasteiger partial charge in [0.1, 0.15) is 0 Å². The van der Waals surface area contributed by atoms with E-state index in [1.165, 1.54) is 0 Å². The summed E-state index contributed by atoms with van der Waals surface area (Å²) >= 11 is 0. The SMILES string of the molecule is COCCC(C)NCC(O)C1CCOC1. The Hall–Kier alpha value is -0.160. The molecule has 1 aliphatic heterocycles. The van der Waals surface area contributed by atoms with Gasteiger partial charge in [-0.05, 0) is 19.8 Å². The lowest BCUT2D eigenvalue weighted by Gasteiger charge is -2.20. The van der Waals surface area contributed by atoms with Crippen LogP contribution in [0.5, 0.6) is 0 Å². The summed E-state index contributed by atoms with van der Waals surface area (Å²) in [6.07, 6.45) is 1.68. The predicted octanol–water partition coefficient (Wildman–Crippen LogP) is 0.398. The summed E-state index contributed by atoms with van der Waals surface area (Å²) in [7, 11) is 1.71. The minimum atomic E-state index is -0.280. The molecule has 0 aromatic rings. The van der Waals surface area contributed by atoms with Gasteiger partial charge in [-0.1, -0.05) is 0 Å². The van der Waals surface area contributed by atoms with Crippen molar-refractivity contribution in [1.82, 2.24) is 5.32 Å². The zero-order chi connectivity index (χ0) is 11.1. The van der Waals surface area contributed by atoms with E-state index in [-0.39, 0.29) is 6.10 Å². The predicted molar refractivity (Wildman–Crippen MR) is 58.9 cm³/mol. The van der Waals surface area contributed by atoms with E-state index in [4.69, 9.17) is 9.47 Å². The molecule has 0 aromatic heterocycles. The van der Waals surface area contributed by atoms with E-state index in [1.54, 1.807) is 7.11 Å². The van der Waals surface area contributed by atoms with Crippen LogP contribution < -0.4 is 5.32 Å². The fourth-order valence-electron chi connectivity index (χ4n) is 1.74. The van der Waals surface area contributed by atoms with Crippen molar-refractivity contribution in [3.8, 4) is 0 Å². The van der Waals surface area contributed by atoms with Crippen molar-refractivity contribution >= 4 is 0 Å². The van der Waals surface area contributed by atoms with Crippen LogP contribution in [0, 0.1) is 5.92 Å². The van der Waals surface area contributed by atoms with Crippen molar-refractivity contribution in [3.63, 3.8) is 0 Å². The zero-order valence-corrected chi connectivity index (χ0v) is 9.74. The topological polar surface area (TPSA) is 50.7 Å². The van der Waals surface area contributed by atoms with Gasteiger partial charge in [0.25, 0.3) is 0 Å². The van der Waals surface area contributed by atoms with Crippen molar-refractivity contribution in [2.75, 3.05) is 33.5 Å². The number of nitrogens with one attached hydrogen (secondary N) is 1. The highest BCUT2D eigenvalue weighted by Gasteiger charge is 2.23. The third-order valence-corrected chi connectivity index (χ3v) is 2.94. The first kappa shape index (κ1) is 12.9. The molecule has 0 aliphatic carbocycles. The van der Waals surface area contributed by atoms with Crippen molar-refractivity contribution in [2.45, 2.75) is 31.9 Å². The standard InChI is InChI=1S/C11H23NO3/c1-9(3-5-14-2)12-7-11(13)10-4-6-15-8-10/h9-13H,3-8H2,1-2H3. The normalized spacial score (nSPS) is 25.4. The summed E-state index contributed by atoms with van der Waals surface area (Å²) in [5.41, 5.74) is 0. The molecule has 0 bridgehead atoms. The van der Waals surface area contributed by atoms with E-state index in [2.05, 4.69) is 12.2 Å². The van der Waals surface area contributed by atoms with Gasteiger partial charge < -0.3 is 19.9 Å². The zero-order valence-electron chi connectivity index (χ0n) is 9.74. The van der Waals surface area contributed by atoms with Gasteiger partial charge in [0.15, 0.2) is 0 Å². The third kappa shape index (κ3) is 4.93. The largest absolute Gasteiger partial charge is 0.391 e. The molecular formula is C11H23NO3. The molecule has 1 aliphatic rings. The number of hydrogen-bond acceptors (Lipinski definition) is 4. The highest BCUT2D eigenvalue weighted by atomic mass is 16.5. The molecule has 4 nitrogen and oxygen atoms in total. The van der Waals surface area contributed by atoms with Crippen LogP contribution in [-0.2, 0) is 9.47 Å². The van der Waals surface area contributed by atoms with E-state index in [0.29, 0.717) is 25.1 Å². The summed E-state index contributed by atoms with van der Waals surface area (Å²) in [4.78, 5) is 0. The van der Waals surface area contributed by atoms with Gasteiger partial charge in [-0.3, -0.25) is 0 Å². The molecule has 90 valence electrons. The van der Waals surface area contributed by atoms with Crippen LogP contribution in [0.3, 0.4) is 0 Å². The lowest BCUT2D eigenvalue weighted by molar-refractivity contribution is 0.0872. The average Bonchev–Trinajstić information content (AvgIpc) is 2.76. The lowest BCUT2D eigenvalue weighted by atomic mass is 10.0. The number of ether oxygens (including phenoxy) is 2. The number of rotatable bonds is 7. The second kappa shape index (κ2) is 7.17. The van der Waals surface area contributed by atoms with Crippen molar-refractivity contribution < 1.29 is 14.6 Å². The minimum Gasteiger partial charge on any atom is -0.391 e. The van der Waals surface area contributed by atoms with E-state index in [0.717, 1.165) is 26.1 Å². The molecule has 15 heavy (non-hydrogen) atoms. The molecule has 0 amide bonds. The Morgan fingerprint density at radius 2 is 2.40 bits per heavy atom. The minimum absolute atomic E-state index is 0.280. The molecule has 3 unspecified atom stereocenters. The van der Waals surface area contributed by atoms with Gasteiger partial charge in [0, 0.05) is 38.8 Å². The summed E-state index contributed by atoms with van der Waals surface area (Å²) in [6, 6.07) is 0.391. The Balaban J connectivity index is 2.07. The van der Waals surface area contributed by atoms with E-state index in [1.807, 2.05) is 0 Å². The molecular weight excluding hydrogens is 194 g/mol. The van der Waals surface area contributed by atoms with Crippen LogP contribution in [0.25, 0.3) is 0 Å². The van der Waals surface area contributed by atoms with Crippen LogP contribution in [0.1, 0.15) is 19.8 Å². The Labute approximate surface area is 92.0 Å². The lowest BCUT2D eigenvalue weighted by Crippen LogP contribution is -2.38. The van der Waals surface area contributed by atoms with Crippen molar-refractivity contribution in [3.05, 3.63) is 0 Å². The average molecular weight is 217 g/mol. The summed E-state index contributed by atoms with van der Waals surface area (Å²) in [6.45, 7) is 5.02. The van der Waals surface area contributed by atoms with Crippen LogP contribution in [0.4, 0.5) is 0 Å². The van der Waals surface area contributed by atoms with E-state index >= 15 is 0 Å². The first-order valence-corrected chi connectivity index (χ1v) is 5.72. The van der Waals surface area contributed by atoms with Gasteiger partial charge in [-0.2, -0.15) is 0 Å². The molecule has 1 rings (SSSR count). The van der Waals surface area contributed by atoms with Crippen molar-refractivity contribution in [1.29, 1.82) is 0 Å². The van der Waals surface area contributed by atoms with Crippen LogP contribution >= 0.6 is 0 Å². The third-order valence-electron chi connectivity index (χ3n) is 2.94. The Kier molecular flexibility index (Phi) is 6.17. The van der Waals surface area contributed by atoms with Crippen LogP contribution in [0.15, 0.2) is 0 Å². The molecule has 1 fully saturated rings. The molecule has 1 saturated heterocycles. The molecule has 0 aromatic carbocycles. The number of hydrogen-bond donors (Lipinski definition) is 2. The molecule has 4 heteroatoms. The molecule has 3 atom stereocenters. The Morgan fingerprint density at radius 1 is 1.60 bits per heavy atom. The maximum atomic E-state index is 9.85. The number of methoxy groups -OCH3 is 1. The van der Waals surface area contributed by atoms with Crippen LogP contribution in [0.2, 0.25) is 0 Å². The van der Waals surface area contributed by atoms with E-state index < -0.39 is 0 Å². The highest BCUT2D eigenvalue weighted by molar-refractivity contribution is 4.75. The van der Waals surface area contributed by atoms with Gasteiger partial charge in [0.2, 0.25) is 0 Å². The first-order chi connectivity index (χ1) is 7.24. The second-order valence-electron chi connectivity index (χ2n) is 4.28. The van der Waals surface area contributed by atoms with E-state index in [9.17, 15) is 5.11 Å². The van der Waals surface area contributed by atoms with Gasteiger partial charge in [-0.15, -0.1) is 0 Å². The quantitative estimate of drug-likeness (QED) is 0.648. The summed E-state index contributed by atoms with van der Waals surface area (Å²) < 4.78 is 10.2. The fourth-order valence-corrected chi connectivity index (χ4v) is 1.74. The maximum absolute atomic E-state index is 9.85. The monoisotopic (exact) mass is 217 g/mol. The molecule has 1 heterocycles. The molecule has 2 N–H and O–H groups in total. The molecule has 0 radical (unpaired) electrons. The Bertz CT molecular complexity index is 160.